The van der Waals surface area contributed by atoms with E-state index in [1.165, 1.54) is 12.5 Å². The summed E-state index contributed by atoms with van der Waals surface area (Å²) in [6, 6.07) is 11.7. The molecule has 1 aliphatic rings. The summed E-state index contributed by atoms with van der Waals surface area (Å²) in [5, 5.41) is 15.0. The Hall–Kier alpha value is -2.93. The standard InChI is InChI=1S/C18H19N5O2/c24-17(8-13-4-2-1-3-5-13)15-9-14-11-22(6-7-23(14)21-15)18(25)16-10-19-12-20-16/h1-5,9-10,12,17,24H,6-8,11H2,(H,19,20). The minimum Gasteiger partial charge on any atom is -0.386 e. The molecule has 1 unspecified atom stereocenters. The van der Waals surface area contributed by atoms with Gasteiger partial charge >= 0.3 is 0 Å². The van der Waals surface area contributed by atoms with Crippen LogP contribution in [0.1, 0.15) is 33.5 Å². The number of aliphatic hydroxyl groups is 1. The van der Waals surface area contributed by atoms with Crippen molar-refractivity contribution in [3.8, 4) is 0 Å². The van der Waals surface area contributed by atoms with Crippen molar-refractivity contribution >= 4 is 5.91 Å². The van der Waals surface area contributed by atoms with Crippen molar-refractivity contribution in [3.63, 3.8) is 0 Å². The van der Waals surface area contributed by atoms with E-state index in [4.69, 9.17) is 0 Å². The third-order valence-corrected chi connectivity index (χ3v) is 4.45. The Morgan fingerprint density at radius 1 is 1.28 bits per heavy atom. The maximum atomic E-state index is 12.4. The third kappa shape index (κ3) is 3.18. The molecule has 128 valence electrons. The maximum absolute atomic E-state index is 12.4. The van der Waals surface area contributed by atoms with Crippen LogP contribution in [0.4, 0.5) is 0 Å². The predicted octanol–water partition coefficient (Wildman–Crippen LogP) is 1.54. The van der Waals surface area contributed by atoms with Crippen LogP contribution >= 0.6 is 0 Å². The molecule has 7 nitrogen and oxygen atoms in total. The monoisotopic (exact) mass is 337 g/mol. The van der Waals surface area contributed by atoms with Crippen molar-refractivity contribution in [1.82, 2.24) is 24.6 Å². The van der Waals surface area contributed by atoms with E-state index in [1.54, 1.807) is 4.90 Å². The summed E-state index contributed by atoms with van der Waals surface area (Å²) in [4.78, 5) is 20.9. The van der Waals surface area contributed by atoms with Gasteiger partial charge in [-0.1, -0.05) is 30.3 Å². The molecule has 2 aromatic heterocycles. The summed E-state index contributed by atoms with van der Waals surface area (Å²) in [5.74, 6) is -0.0728. The van der Waals surface area contributed by atoms with Crippen molar-refractivity contribution in [2.24, 2.45) is 0 Å². The van der Waals surface area contributed by atoms with Gasteiger partial charge in [-0.25, -0.2) is 4.98 Å². The van der Waals surface area contributed by atoms with Crippen molar-refractivity contribution in [2.75, 3.05) is 6.54 Å². The Kier molecular flexibility index (Phi) is 4.07. The molecule has 0 bridgehead atoms. The van der Waals surface area contributed by atoms with Crippen LogP contribution in [0.25, 0.3) is 0 Å². The molecule has 1 aliphatic heterocycles. The van der Waals surface area contributed by atoms with Crippen molar-refractivity contribution < 1.29 is 9.90 Å². The number of carbonyl (C=O) groups is 1. The second-order valence-corrected chi connectivity index (χ2v) is 6.18. The van der Waals surface area contributed by atoms with Gasteiger partial charge in [0.05, 0.1) is 37.0 Å². The number of fused-ring (bicyclic) bond motifs is 1. The molecule has 0 radical (unpaired) electrons. The fraction of sp³-hybridized carbons (Fsp3) is 0.278. The Morgan fingerprint density at radius 2 is 2.12 bits per heavy atom. The molecule has 0 spiro atoms. The van der Waals surface area contributed by atoms with Crippen LogP contribution < -0.4 is 0 Å². The van der Waals surface area contributed by atoms with E-state index in [1.807, 2.05) is 41.1 Å². The first-order valence-electron chi connectivity index (χ1n) is 8.27. The third-order valence-electron chi connectivity index (χ3n) is 4.45. The predicted molar refractivity (Wildman–Crippen MR) is 90.7 cm³/mol. The molecule has 7 heteroatoms. The quantitative estimate of drug-likeness (QED) is 0.756. The number of hydrogen-bond acceptors (Lipinski definition) is 4. The van der Waals surface area contributed by atoms with Gasteiger partial charge in [0.25, 0.3) is 5.91 Å². The number of benzene rings is 1. The lowest BCUT2D eigenvalue weighted by molar-refractivity contribution is 0.0700. The fourth-order valence-electron chi connectivity index (χ4n) is 3.11. The minimum atomic E-state index is -0.655. The van der Waals surface area contributed by atoms with E-state index >= 15 is 0 Å². The van der Waals surface area contributed by atoms with Crippen LogP contribution in [0.5, 0.6) is 0 Å². The van der Waals surface area contributed by atoms with Gasteiger partial charge in [0, 0.05) is 13.0 Å². The minimum absolute atomic E-state index is 0.0728. The Balaban J connectivity index is 1.48. The van der Waals surface area contributed by atoms with Gasteiger partial charge in [0.2, 0.25) is 0 Å². The maximum Gasteiger partial charge on any atom is 0.272 e. The first kappa shape index (κ1) is 15.6. The lowest BCUT2D eigenvalue weighted by Crippen LogP contribution is -2.38. The molecule has 4 rings (SSSR count). The van der Waals surface area contributed by atoms with Crippen LogP contribution in [0, 0.1) is 0 Å². The van der Waals surface area contributed by atoms with Crippen molar-refractivity contribution in [1.29, 1.82) is 0 Å². The van der Waals surface area contributed by atoms with Crippen LogP contribution in [0.3, 0.4) is 0 Å². The smallest absolute Gasteiger partial charge is 0.272 e. The zero-order valence-corrected chi connectivity index (χ0v) is 13.7. The topological polar surface area (TPSA) is 87.0 Å². The van der Waals surface area contributed by atoms with E-state index in [-0.39, 0.29) is 5.91 Å². The first-order valence-corrected chi connectivity index (χ1v) is 8.27. The number of hydrogen-bond donors (Lipinski definition) is 2. The molecule has 0 saturated heterocycles. The van der Waals surface area contributed by atoms with Crippen LogP contribution in [0.2, 0.25) is 0 Å². The summed E-state index contributed by atoms with van der Waals surface area (Å²) in [5.41, 5.74) is 3.13. The molecule has 3 aromatic rings. The number of carbonyl (C=O) groups excluding carboxylic acids is 1. The summed E-state index contributed by atoms with van der Waals surface area (Å²) < 4.78 is 1.88. The molecule has 0 fully saturated rings. The van der Waals surface area contributed by atoms with E-state index in [0.717, 1.165) is 11.3 Å². The van der Waals surface area contributed by atoms with Gasteiger partial charge in [0.1, 0.15) is 11.8 Å². The lowest BCUT2D eigenvalue weighted by Gasteiger charge is -2.27. The average molecular weight is 337 g/mol. The lowest BCUT2D eigenvalue weighted by atomic mass is 10.1. The second-order valence-electron chi connectivity index (χ2n) is 6.18. The van der Waals surface area contributed by atoms with Gasteiger partial charge in [-0.3, -0.25) is 9.48 Å². The SMILES string of the molecule is O=C(c1cnc[nH]1)N1CCn2nc(C(O)Cc3ccccc3)cc2C1. The number of nitrogens with zero attached hydrogens (tertiary/aromatic N) is 4. The van der Waals surface area contributed by atoms with Crippen molar-refractivity contribution in [2.45, 2.75) is 25.6 Å². The number of rotatable bonds is 4. The number of nitrogens with one attached hydrogen (secondary N) is 1. The van der Waals surface area contributed by atoms with E-state index < -0.39 is 6.10 Å². The highest BCUT2D eigenvalue weighted by atomic mass is 16.3. The molecule has 0 saturated carbocycles. The first-order chi connectivity index (χ1) is 12.2. The summed E-state index contributed by atoms with van der Waals surface area (Å²) in [6.07, 6.45) is 2.90. The Bertz CT molecular complexity index is 857. The van der Waals surface area contributed by atoms with E-state index in [9.17, 15) is 9.90 Å². The van der Waals surface area contributed by atoms with Crippen LogP contribution in [-0.2, 0) is 19.5 Å². The number of aromatic nitrogens is 4. The molecule has 25 heavy (non-hydrogen) atoms. The summed E-state index contributed by atoms with van der Waals surface area (Å²) in [7, 11) is 0. The van der Waals surface area contributed by atoms with Crippen LogP contribution in [0.15, 0.2) is 48.9 Å². The molecular weight excluding hydrogens is 318 g/mol. The van der Waals surface area contributed by atoms with E-state index in [2.05, 4.69) is 15.1 Å². The van der Waals surface area contributed by atoms with E-state index in [0.29, 0.717) is 37.4 Å². The fourth-order valence-corrected chi connectivity index (χ4v) is 3.11. The number of amides is 1. The molecule has 2 N–H and O–H groups in total. The van der Waals surface area contributed by atoms with Gasteiger partial charge in [-0.05, 0) is 11.6 Å². The zero-order chi connectivity index (χ0) is 17.2. The molecule has 0 aliphatic carbocycles. The highest BCUT2D eigenvalue weighted by Crippen LogP contribution is 2.21. The van der Waals surface area contributed by atoms with Gasteiger partial charge in [-0.2, -0.15) is 5.10 Å². The number of aliphatic hydroxyl groups excluding tert-OH is 1. The average Bonchev–Trinajstić information content (AvgIpc) is 3.31. The van der Waals surface area contributed by atoms with Gasteiger partial charge < -0.3 is 15.0 Å². The molecule has 1 aromatic carbocycles. The van der Waals surface area contributed by atoms with Gasteiger partial charge in [0.15, 0.2) is 0 Å². The van der Waals surface area contributed by atoms with Gasteiger partial charge in [-0.15, -0.1) is 0 Å². The molecule has 3 heterocycles. The second kappa shape index (κ2) is 6.52. The Labute approximate surface area is 144 Å². The molecular formula is C18H19N5O2. The summed E-state index contributed by atoms with van der Waals surface area (Å²) in [6.45, 7) is 1.68. The molecule has 1 atom stereocenters. The van der Waals surface area contributed by atoms with Crippen molar-refractivity contribution in [3.05, 3.63) is 71.6 Å². The number of H-pyrrole nitrogens is 1. The highest BCUT2D eigenvalue weighted by Gasteiger charge is 2.25. The normalized spacial score (nSPS) is 15.0. The largest absolute Gasteiger partial charge is 0.386 e. The highest BCUT2D eigenvalue weighted by molar-refractivity contribution is 5.92. The Morgan fingerprint density at radius 3 is 2.88 bits per heavy atom. The van der Waals surface area contributed by atoms with Crippen LogP contribution in [-0.4, -0.2) is 42.2 Å². The zero-order valence-electron chi connectivity index (χ0n) is 13.7. The summed E-state index contributed by atoms with van der Waals surface area (Å²) >= 11 is 0. The molecule has 1 amide bonds. The number of aromatic amines is 1. The number of imidazole rings is 1.